The molecule has 128 valence electrons. The van der Waals surface area contributed by atoms with Crippen molar-refractivity contribution in [3.05, 3.63) is 59.9 Å². The lowest BCUT2D eigenvalue weighted by Gasteiger charge is -2.37. The molecule has 2 aromatic carbocycles. The summed E-state index contributed by atoms with van der Waals surface area (Å²) in [7, 11) is 0. The number of benzene rings is 2. The fourth-order valence-corrected chi connectivity index (χ4v) is 3.95. The van der Waals surface area contributed by atoms with E-state index in [9.17, 15) is 9.18 Å². The van der Waals surface area contributed by atoms with Crippen LogP contribution >= 0.6 is 11.3 Å². The molecule has 0 radical (unpaired) electrons. The van der Waals surface area contributed by atoms with E-state index in [4.69, 9.17) is 0 Å². The standard InChI is InChI=1S/C19H18FN3OS/c20-15-6-7-16-17(10-15)25-19(22-16)23-11-14(12-23)18(24)21-9-8-13-4-2-1-3-5-13/h1-7,10,14H,8-9,11-12H2,(H,21,24). The molecule has 25 heavy (non-hydrogen) atoms. The van der Waals surface area contributed by atoms with Crippen molar-refractivity contribution in [1.82, 2.24) is 10.3 Å². The van der Waals surface area contributed by atoms with E-state index in [0.29, 0.717) is 19.6 Å². The predicted octanol–water partition coefficient (Wildman–Crippen LogP) is 3.23. The number of carbonyl (C=O) groups excluding carboxylic acids is 1. The van der Waals surface area contributed by atoms with Crippen molar-refractivity contribution in [2.45, 2.75) is 6.42 Å². The summed E-state index contributed by atoms with van der Waals surface area (Å²) >= 11 is 1.47. The highest BCUT2D eigenvalue weighted by molar-refractivity contribution is 7.22. The molecule has 0 spiro atoms. The van der Waals surface area contributed by atoms with Crippen LogP contribution in [0.15, 0.2) is 48.5 Å². The van der Waals surface area contributed by atoms with Crippen molar-refractivity contribution < 1.29 is 9.18 Å². The smallest absolute Gasteiger partial charge is 0.226 e. The minimum Gasteiger partial charge on any atom is -0.355 e. The third-order valence-electron chi connectivity index (χ3n) is 4.42. The molecule has 0 atom stereocenters. The summed E-state index contributed by atoms with van der Waals surface area (Å²) in [4.78, 5) is 18.8. The Morgan fingerprint density at radius 2 is 2.04 bits per heavy atom. The number of nitrogens with one attached hydrogen (secondary N) is 1. The lowest BCUT2D eigenvalue weighted by molar-refractivity contribution is -0.125. The fourth-order valence-electron chi connectivity index (χ4n) is 2.94. The maximum Gasteiger partial charge on any atom is 0.226 e. The number of rotatable bonds is 5. The summed E-state index contributed by atoms with van der Waals surface area (Å²) < 4.78 is 14.1. The highest BCUT2D eigenvalue weighted by atomic mass is 32.1. The lowest BCUT2D eigenvalue weighted by atomic mass is 10.00. The summed E-state index contributed by atoms with van der Waals surface area (Å²) in [5, 5.41) is 3.86. The number of aromatic nitrogens is 1. The number of amides is 1. The average Bonchev–Trinajstić information content (AvgIpc) is 2.97. The number of nitrogens with zero attached hydrogens (tertiary/aromatic N) is 2. The van der Waals surface area contributed by atoms with Crippen LogP contribution in [0.2, 0.25) is 0 Å². The molecule has 1 aromatic heterocycles. The van der Waals surface area contributed by atoms with Crippen LogP contribution in [0.3, 0.4) is 0 Å². The molecule has 1 saturated heterocycles. The maximum atomic E-state index is 13.3. The normalized spacial score (nSPS) is 14.5. The van der Waals surface area contributed by atoms with Crippen LogP contribution in [-0.2, 0) is 11.2 Å². The molecule has 1 aliphatic heterocycles. The molecule has 4 nitrogen and oxygen atoms in total. The third-order valence-corrected chi connectivity index (χ3v) is 5.50. The first kappa shape index (κ1) is 16.0. The van der Waals surface area contributed by atoms with Gasteiger partial charge in [0.1, 0.15) is 5.82 Å². The van der Waals surface area contributed by atoms with Gasteiger partial charge in [0.15, 0.2) is 5.13 Å². The van der Waals surface area contributed by atoms with E-state index in [1.54, 1.807) is 6.07 Å². The zero-order valence-corrected chi connectivity index (χ0v) is 14.4. The molecule has 0 aliphatic carbocycles. The van der Waals surface area contributed by atoms with Crippen molar-refractivity contribution in [2.75, 3.05) is 24.5 Å². The van der Waals surface area contributed by atoms with Gasteiger partial charge in [0, 0.05) is 19.6 Å². The van der Waals surface area contributed by atoms with Crippen molar-refractivity contribution in [3.63, 3.8) is 0 Å². The monoisotopic (exact) mass is 355 g/mol. The first-order chi connectivity index (χ1) is 12.2. The molecule has 0 saturated carbocycles. The van der Waals surface area contributed by atoms with Crippen LogP contribution in [0, 0.1) is 11.7 Å². The van der Waals surface area contributed by atoms with Gasteiger partial charge in [-0.15, -0.1) is 0 Å². The van der Waals surface area contributed by atoms with Gasteiger partial charge in [-0.05, 0) is 30.2 Å². The Labute approximate surface area is 149 Å². The number of fused-ring (bicyclic) bond motifs is 1. The Hall–Kier alpha value is -2.47. The lowest BCUT2D eigenvalue weighted by Crippen LogP contribution is -2.54. The summed E-state index contributed by atoms with van der Waals surface area (Å²) in [6.07, 6.45) is 0.840. The van der Waals surface area contributed by atoms with Crippen LogP contribution < -0.4 is 10.2 Å². The van der Waals surface area contributed by atoms with E-state index >= 15 is 0 Å². The van der Waals surface area contributed by atoms with Gasteiger partial charge in [-0.1, -0.05) is 41.7 Å². The number of hydrogen-bond donors (Lipinski definition) is 1. The third kappa shape index (κ3) is 3.49. The molecular weight excluding hydrogens is 337 g/mol. The van der Waals surface area contributed by atoms with Gasteiger partial charge in [-0.2, -0.15) is 0 Å². The Bertz CT molecular complexity index is 890. The van der Waals surface area contributed by atoms with Gasteiger partial charge in [0.2, 0.25) is 5.91 Å². The van der Waals surface area contributed by atoms with Crippen molar-refractivity contribution in [2.24, 2.45) is 5.92 Å². The first-order valence-corrected chi connectivity index (χ1v) is 9.13. The number of hydrogen-bond acceptors (Lipinski definition) is 4. The molecule has 1 N–H and O–H groups in total. The molecule has 0 unspecified atom stereocenters. The van der Waals surface area contributed by atoms with E-state index in [-0.39, 0.29) is 17.6 Å². The zero-order chi connectivity index (χ0) is 17.2. The molecule has 1 fully saturated rings. The van der Waals surface area contributed by atoms with Gasteiger partial charge in [0.05, 0.1) is 16.1 Å². The van der Waals surface area contributed by atoms with Crippen molar-refractivity contribution in [1.29, 1.82) is 0 Å². The quantitative estimate of drug-likeness (QED) is 0.764. The van der Waals surface area contributed by atoms with Crippen LogP contribution in [0.5, 0.6) is 0 Å². The molecule has 2 heterocycles. The number of halogens is 1. The Balaban J connectivity index is 1.28. The molecule has 3 aromatic rings. The molecule has 1 aliphatic rings. The molecule has 4 rings (SSSR count). The Kier molecular flexibility index (Phi) is 4.36. The van der Waals surface area contributed by atoms with Gasteiger partial charge < -0.3 is 10.2 Å². The summed E-state index contributed by atoms with van der Waals surface area (Å²) in [6, 6.07) is 14.7. The van der Waals surface area contributed by atoms with Crippen LogP contribution in [0.1, 0.15) is 5.56 Å². The minimum atomic E-state index is -0.248. The van der Waals surface area contributed by atoms with Gasteiger partial charge >= 0.3 is 0 Å². The molecular formula is C19H18FN3OS. The van der Waals surface area contributed by atoms with Crippen molar-refractivity contribution in [3.8, 4) is 0 Å². The van der Waals surface area contributed by atoms with Crippen molar-refractivity contribution >= 4 is 32.6 Å². The van der Waals surface area contributed by atoms with Gasteiger partial charge in [-0.3, -0.25) is 4.79 Å². The number of thiazole rings is 1. The minimum absolute atomic E-state index is 0.000443. The summed E-state index contributed by atoms with van der Waals surface area (Å²) in [6.45, 7) is 1.98. The zero-order valence-electron chi connectivity index (χ0n) is 13.6. The molecule has 6 heteroatoms. The van der Waals surface area contributed by atoms with Gasteiger partial charge in [0.25, 0.3) is 0 Å². The van der Waals surface area contributed by atoms with E-state index in [2.05, 4.69) is 27.3 Å². The van der Waals surface area contributed by atoms with E-state index in [0.717, 1.165) is 21.8 Å². The average molecular weight is 355 g/mol. The van der Waals surface area contributed by atoms with Crippen LogP contribution in [-0.4, -0.2) is 30.5 Å². The van der Waals surface area contributed by atoms with E-state index in [1.807, 2.05) is 18.2 Å². The van der Waals surface area contributed by atoms with Crippen LogP contribution in [0.4, 0.5) is 9.52 Å². The largest absolute Gasteiger partial charge is 0.355 e. The second kappa shape index (κ2) is 6.80. The Morgan fingerprint density at radius 1 is 1.24 bits per heavy atom. The highest BCUT2D eigenvalue weighted by Crippen LogP contribution is 2.33. The fraction of sp³-hybridized carbons (Fsp3) is 0.263. The summed E-state index contributed by atoms with van der Waals surface area (Å²) in [5.74, 6) is -0.152. The van der Waals surface area contributed by atoms with Crippen LogP contribution in [0.25, 0.3) is 10.2 Å². The first-order valence-electron chi connectivity index (χ1n) is 8.32. The maximum absolute atomic E-state index is 13.3. The number of carbonyl (C=O) groups is 1. The summed E-state index contributed by atoms with van der Waals surface area (Å²) in [5.41, 5.74) is 2.02. The molecule has 0 bridgehead atoms. The SMILES string of the molecule is O=C(NCCc1ccccc1)C1CN(c2nc3ccc(F)cc3s2)C1. The van der Waals surface area contributed by atoms with E-state index in [1.165, 1.54) is 29.0 Å². The Morgan fingerprint density at radius 3 is 2.84 bits per heavy atom. The topological polar surface area (TPSA) is 45.2 Å². The predicted molar refractivity (Wildman–Crippen MR) is 98.4 cm³/mol. The highest BCUT2D eigenvalue weighted by Gasteiger charge is 2.34. The van der Waals surface area contributed by atoms with Gasteiger partial charge in [-0.25, -0.2) is 9.37 Å². The number of anilines is 1. The molecule has 1 amide bonds. The second-order valence-corrected chi connectivity index (χ2v) is 7.25. The van der Waals surface area contributed by atoms with E-state index < -0.39 is 0 Å². The second-order valence-electron chi connectivity index (χ2n) is 6.24.